The molecule has 0 spiro atoms. The molecule has 7 heteroatoms. The third-order valence-electron chi connectivity index (χ3n) is 5.46. The fourth-order valence-corrected chi connectivity index (χ4v) is 4.03. The molecule has 0 radical (unpaired) electrons. The number of guanidine groups is 1. The molecule has 1 aromatic rings. The van der Waals surface area contributed by atoms with Crippen LogP contribution < -0.4 is 15.4 Å². The second kappa shape index (κ2) is 8.66. The summed E-state index contributed by atoms with van der Waals surface area (Å²) < 4.78 is 31.5. The van der Waals surface area contributed by atoms with Crippen LogP contribution in [0.1, 0.15) is 32.1 Å². The Balaban J connectivity index is 1.41. The van der Waals surface area contributed by atoms with E-state index in [2.05, 4.69) is 27.6 Å². The van der Waals surface area contributed by atoms with E-state index in [1.807, 2.05) is 0 Å². The minimum atomic E-state index is -0.902. The van der Waals surface area contributed by atoms with Crippen molar-refractivity contribution < 1.29 is 13.5 Å². The van der Waals surface area contributed by atoms with E-state index in [-0.39, 0.29) is 0 Å². The average molecular weight is 366 g/mol. The van der Waals surface area contributed by atoms with Crippen LogP contribution in [0, 0.1) is 11.6 Å². The molecule has 0 aliphatic carbocycles. The molecule has 0 amide bonds. The molecule has 1 aromatic carbocycles. The lowest BCUT2D eigenvalue weighted by Gasteiger charge is -2.47. The monoisotopic (exact) mass is 366 g/mol. The normalized spacial score (nSPS) is 26.5. The summed E-state index contributed by atoms with van der Waals surface area (Å²) in [7, 11) is 3.99. The van der Waals surface area contributed by atoms with Crippen molar-refractivity contribution in [3.8, 4) is 5.75 Å². The van der Waals surface area contributed by atoms with Gasteiger partial charge in [-0.05, 0) is 44.9 Å². The van der Waals surface area contributed by atoms with E-state index < -0.39 is 11.6 Å². The van der Waals surface area contributed by atoms with E-state index in [0.717, 1.165) is 30.9 Å². The molecule has 2 atom stereocenters. The number of nitrogens with zero attached hydrogens (tertiary/aromatic N) is 2. The molecule has 2 aliphatic rings. The minimum Gasteiger partial charge on any atom is -0.492 e. The Labute approximate surface area is 153 Å². The van der Waals surface area contributed by atoms with Gasteiger partial charge in [0.2, 0.25) is 0 Å². The first kappa shape index (κ1) is 18.9. The highest BCUT2D eigenvalue weighted by Crippen LogP contribution is 2.32. The highest BCUT2D eigenvalue weighted by atomic mass is 19.2. The van der Waals surface area contributed by atoms with Crippen LogP contribution in [0.5, 0.6) is 5.75 Å². The van der Waals surface area contributed by atoms with Gasteiger partial charge in [0.05, 0.1) is 6.54 Å². The predicted octanol–water partition coefficient (Wildman–Crippen LogP) is 2.52. The highest BCUT2D eigenvalue weighted by molar-refractivity contribution is 5.79. The van der Waals surface area contributed by atoms with E-state index in [0.29, 0.717) is 37.0 Å². The minimum absolute atomic E-state index is 0.316. The van der Waals surface area contributed by atoms with Crippen molar-refractivity contribution in [3.63, 3.8) is 0 Å². The molecule has 2 aliphatic heterocycles. The molecule has 144 valence electrons. The van der Waals surface area contributed by atoms with Crippen molar-refractivity contribution in [2.24, 2.45) is 4.99 Å². The van der Waals surface area contributed by atoms with Gasteiger partial charge in [-0.25, -0.2) is 8.78 Å². The molecule has 2 unspecified atom stereocenters. The van der Waals surface area contributed by atoms with Gasteiger partial charge in [0.25, 0.3) is 0 Å². The number of halogens is 2. The maximum Gasteiger partial charge on any atom is 0.191 e. The summed E-state index contributed by atoms with van der Waals surface area (Å²) in [5.41, 5.74) is 0. The summed E-state index contributed by atoms with van der Waals surface area (Å²) in [5, 5.41) is 6.74. The number of hydrogen-bond acceptors (Lipinski definition) is 3. The van der Waals surface area contributed by atoms with Gasteiger partial charge >= 0.3 is 0 Å². The van der Waals surface area contributed by atoms with Gasteiger partial charge in [-0.3, -0.25) is 4.99 Å². The van der Waals surface area contributed by atoms with Crippen LogP contribution in [-0.4, -0.2) is 56.2 Å². The lowest BCUT2D eigenvalue weighted by Crippen LogP contribution is -2.56. The predicted molar refractivity (Wildman–Crippen MR) is 98.6 cm³/mol. The van der Waals surface area contributed by atoms with Crippen molar-refractivity contribution >= 4 is 5.96 Å². The molecule has 5 nitrogen and oxygen atoms in total. The molecule has 26 heavy (non-hydrogen) atoms. The van der Waals surface area contributed by atoms with Gasteiger partial charge in [-0.1, -0.05) is 6.42 Å². The Morgan fingerprint density at radius 3 is 2.62 bits per heavy atom. The fraction of sp³-hybridized carbons (Fsp3) is 0.632. The molecular weight excluding hydrogens is 338 g/mol. The van der Waals surface area contributed by atoms with Crippen LogP contribution in [-0.2, 0) is 0 Å². The second-order valence-electron chi connectivity index (χ2n) is 7.14. The van der Waals surface area contributed by atoms with Gasteiger partial charge in [0.15, 0.2) is 17.6 Å². The zero-order valence-electron chi connectivity index (χ0n) is 15.5. The quantitative estimate of drug-likeness (QED) is 0.478. The third kappa shape index (κ3) is 4.63. The first-order chi connectivity index (χ1) is 12.6. The standard InChI is InChI=1S/C19H28F2N4O/c1-22-19(23-8-9-26-16-6-7-17(20)18(21)12-16)24-13-10-14-4-3-5-15(11-13)25(14)2/h6-7,12-15H,3-5,8-11H2,1-2H3,(H2,22,23,24). The van der Waals surface area contributed by atoms with Crippen molar-refractivity contribution in [2.75, 3.05) is 27.2 Å². The van der Waals surface area contributed by atoms with Crippen molar-refractivity contribution in [2.45, 2.75) is 50.2 Å². The number of hydrogen-bond donors (Lipinski definition) is 2. The first-order valence-electron chi connectivity index (χ1n) is 9.33. The van der Waals surface area contributed by atoms with Crippen LogP contribution in [0.15, 0.2) is 23.2 Å². The van der Waals surface area contributed by atoms with Crippen LogP contribution in [0.3, 0.4) is 0 Å². The SMILES string of the molecule is CN=C(NCCOc1ccc(F)c(F)c1)NC1CC2CCCC(C1)N2C. The van der Waals surface area contributed by atoms with Crippen LogP contribution in [0.2, 0.25) is 0 Å². The third-order valence-corrected chi connectivity index (χ3v) is 5.46. The number of aliphatic imine (C=N–C) groups is 1. The molecule has 2 fully saturated rings. The maximum absolute atomic E-state index is 13.2. The zero-order chi connectivity index (χ0) is 18.5. The van der Waals surface area contributed by atoms with Crippen LogP contribution in [0.4, 0.5) is 8.78 Å². The van der Waals surface area contributed by atoms with Crippen molar-refractivity contribution in [1.29, 1.82) is 0 Å². The Morgan fingerprint density at radius 2 is 1.96 bits per heavy atom. The van der Waals surface area contributed by atoms with Gasteiger partial charge < -0.3 is 20.3 Å². The number of ether oxygens (including phenoxy) is 1. The number of nitrogens with one attached hydrogen (secondary N) is 2. The Bertz CT molecular complexity index is 626. The Hall–Kier alpha value is -1.89. The lowest BCUT2D eigenvalue weighted by molar-refractivity contribution is 0.0526. The van der Waals surface area contributed by atoms with Gasteiger partial charge in [0.1, 0.15) is 12.4 Å². The number of benzene rings is 1. The molecular formula is C19H28F2N4O. The molecule has 0 aromatic heterocycles. The summed E-state index contributed by atoms with van der Waals surface area (Å²) in [5.74, 6) is -0.702. The highest BCUT2D eigenvalue weighted by Gasteiger charge is 2.36. The van der Waals surface area contributed by atoms with Crippen molar-refractivity contribution in [1.82, 2.24) is 15.5 Å². The molecule has 2 saturated heterocycles. The number of piperidine rings is 2. The average Bonchev–Trinajstić information content (AvgIpc) is 2.61. The summed E-state index contributed by atoms with van der Waals surface area (Å²) in [6.07, 6.45) is 6.16. The second-order valence-corrected chi connectivity index (χ2v) is 7.14. The van der Waals surface area contributed by atoms with E-state index >= 15 is 0 Å². The zero-order valence-corrected chi connectivity index (χ0v) is 15.5. The van der Waals surface area contributed by atoms with E-state index in [9.17, 15) is 8.78 Å². The van der Waals surface area contributed by atoms with Gasteiger partial charge in [-0.2, -0.15) is 0 Å². The first-order valence-corrected chi connectivity index (χ1v) is 9.33. The lowest BCUT2D eigenvalue weighted by atomic mass is 9.82. The number of fused-ring (bicyclic) bond motifs is 2. The summed E-state index contributed by atoms with van der Waals surface area (Å²) >= 11 is 0. The smallest absolute Gasteiger partial charge is 0.191 e. The van der Waals surface area contributed by atoms with Crippen molar-refractivity contribution in [3.05, 3.63) is 29.8 Å². The molecule has 0 saturated carbocycles. The van der Waals surface area contributed by atoms with Crippen LogP contribution >= 0.6 is 0 Å². The summed E-state index contributed by atoms with van der Waals surface area (Å²) in [6.45, 7) is 0.864. The Morgan fingerprint density at radius 1 is 1.23 bits per heavy atom. The Kier molecular flexibility index (Phi) is 6.29. The fourth-order valence-electron chi connectivity index (χ4n) is 4.03. The van der Waals surface area contributed by atoms with E-state index in [4.69, 9.17) is 4.74 Å². The largest absolute Gasteiger partial charge is 0.492 e. The maximum atomic E-state index is 13.2. The molecule has 2 heterocycles. The van der Waals surface area contributed by atoms with E-state index in [1.54, 1.807) is 7.05 Å². The van der Waals surface area contributed by atoms with Crippen LogP contribution in [0.25, 0.3) is 0 Å². The number of rotatable bonds is 5. The summed E-state index contributed by atoms with van der Waals surface area (Å²) in [4.78, 5) is 6.82. The van der Waals surface area contributed by atoms with Gasteiger partial charge in [-0.15, -0.1) is 0 Å². The molecule has 3 rings (SSSR count). The summed E-state index contributed by atoms with van der Waals surface area (Å²) in [6, 6.07) is 5.29. The van der Waals surface area contributed by atoms with Gasteiger partial charge in [0, 0.05) is 31.2 Å². The topological polar surface area (TPSA) is 48.9 Å². The molecule has 2 N–H and O–H groups in total. The van der Waals surface area contributed by atoms with E-state index in [1.165, 1.54) is 25.3 Å². The molecule has 2 bridgehead atoms.